The second-order valence-electron chi connectivity index (χ2n) is 6.28. The molecular weight excluding hydrogens is 352 g/mol. The first-order valence-corrected chi connectivity index (χ1v) is 8.88. The number of hydrogen-bond donors (Lipinski definition) is 3. The number of nitrogens with two attached hydrogens (primary N) is 1. The number of carboxylic acid groups (broad SMARTS) is 1. The lowest BCUT2D eigenvalue weighted by Gasteiger charge is -2.17. The molecule has 0 aromatic heterocycles. The standard InChI is InChI=1S/C17H24N2O4.C2H4O2/c1-12(20)23-16-8-4-3-7-15(16)22-11-14(21)10-13-6-2-5-9-17(18)19-13;1-2(3)4/h3-4,7-8,13-14,21H,2,5-6,9-11H2,1H3,(H2,18,19);1H3,(H,3,4). The molecule has 0 radical (unpaired) electrons. The van der Waals surface area contributed by atoms with E-state index in [0.29, 0.717) is 23.8 Å². The number of amidine groups is 1. The normalized spacial score (nSPS) is 17.4. The van der Waals surface area contributed by atoms with Crippen molar-refractivity contribution in [1.82, 2.24) is 0 Å². The summed E-state index contributed by atoms with van der Waals surface area (Å²) >= 11 is 0. The van der Waals surface area contributed by atoms with E-state index in [1.165, 1.54) is 6.92 Å². The van der Waals surface area contributed by atoms with Crippen LogP contribution in [0.3, 0.4) is 0 Å². The lowest BCUT2D eigenvalue weighted by Crippen LogP contribution is -2.24. The van der Waals surface area contributed by atoms with Crippen LogP contribution in [0.5, 0.6) is 11.5 Å². The SMILES string of the molecule is CC(=O)O.CC(=O)Oc1ccccc1OCC(O)CC1CCCCC(N)=N1. The van der Waals surface area contributed by atoms with Crippen molar-refractivity contribution in [3.63, 3.8) is 0 Å². The molecule has 4 N–H and O–H groups in total. The van der Waals surface area contributed by atoms with Crippen LogP contribution in [0.1, 0.15) is 46.0 Å². The number of ether oxygens (including phenoxy) is 2. The quantitative estimate of drug-likeness (QED) is 0.509. The zero-order chi connectivity index (χ0) is 20.2. The first kappa shape index (κ1) is 22.4. The second-order valence-corrected chi connectivity index (χ2v) is 6.28. The van der Waals surface area contributed by atoms with Crippen LogP contribution in [0, 0.1) is 0 Å². The number of esters is 1. The minimum Gasteiger partial charge on any atom is -0.487 e. The molecule has 1 aromatic carbocycles. The van der Waals surface area contributed by atoms with E-state index < -0.39 is 18.0 Å². The zero-order valence-electron chi connectivity index (χ0n) is 15.8. The Bertz CT molecular complexity index is 643. The molecule has 0 bridgehead atoms. The molecule has 150 valence electrons. The minimum absolute atomic E-state index is 0.0415. The summed E-state index contributed by atoms with van der Waals surface area (Å²) in [6.07, 6.45) is 3.74. The first-order chi connectivity index (χ1) is 12.8. The Hall–Kier alpha value is -2.61. The fraction of sp³-hybridized carbons (Fsp3) is 0.526. The van der Waals surface area contributed by atoms with Gasteiger partial charge in [-0.25, -0.2) is 0 Å². The summed E-state index contributed by atoms with van der Waals surface area (Å²) in [5.74, 6) is 0.209. The highest BCUT2D eigenvalue weighted by Crippen LogP contribution is 2.27. The van der Waals surface area contributed by atoms with Crippen LogP contribution in [-0.4, -0.2) is 46.7 Å². The van der Waals surface area contributed by atoms with E-state index in [-0.39, 0.29) is 12.6 Å². The summed E-state index contributed by atoms with van der Waals surface area (Å²) in [6, 6.07) is 6.93. The molecule has 1 aliphatic rings. The van der Waals surface area contributed by atoms with E-state index in [9.17, 15) is 9.90 Å². The van der Waals surface area contributed by atoms with Gasteiger partial charge in [-0.05, 0) is 31.4 Å². The maximum absolute atomic E-state index is 11.1. The third-order valence-corrected chi connectivity index (χ3v) is 3.65. The molecule has 0 amide bonds. The fourth-order valence-electron chi connectivity index (χ4n) is 2.60. The van der Waals surface area contributed by atoms with E-state index in [1.54, 1.807) is 24.3 Å². The summed E-state index contributed by atoms with van der Waals surface area (Å²) in [5, 5.41) is 17.6. The molecule has 27 heavy (non-hydrogen) atoms. The summed E-state index contributed by atoms with van der Waals surface area (Å²) in [7, 11) is 0. The third kappa shape index (κ3) is 10.2. The molecule has 0 saturated heterocycles. The van der Waals surface area contributed by atoms with Crippen molar-refractivity contribution in [2.45, 2.75) is 58.1 Å². The molecule has 2 unspecified atom stereocenters. The third-order valence-electron chi connectivity index (χ3n) is 3.65. The maximum atomic E-state index is 11.1. The summed E-state index contributed by atoms with van der Waals surface area (Å²) in [4.78, 5) is 24.5. The van der Waals surface area contributed by atoms with E-state index >= 15 is 0 Å². The molecule has 0 spiro atoms. The fourth-order valence-corrected chi connectivity index (χ4v) is 2.60. The van der Waals surface area contributed by atoms with E-state index in [0.717, 1.165) is 32.6 Å². The number of nitrogens with zero attached hydrogens (tertiary/aromatic N) is 1. The average Bonchev–Trinajstić information content (AvgIpc) is 2.77. The van der Waals surface area contributed by atoms with Crippen LogP contribution in [0.15, 0.2) is 29.3 Å². The van der Waals surface area contributed by atoms with Crippen molar-refractivity contribution in [1.29, 1.82) is 0 Å². The van der Waals surface area contributed by atoms with Crippen LogP contribution >= 0.6 is 0 Å². The molecule has 2 rings (SSSR count). The van der Waals surface area contributed by atoms with Crippen molar-refractivity contribution in [2.75, 3.05) is 6.61 Å². The molecule has 1 aliphatic heterocycles. The van der Waals surface area contributed by atoms with E-state index in [4.69, 9.17) is 25.1 Å². The number of carbonyl (C=O) groups is 2. The Morgan fingerprint density at radius 2 is 1.89 bits per heavy atom. The second kappa shape index (κ2) is 11.9. The molecule has 0 aliphatic carbocycles. The van der Waals surface area contributed by atoms with Crippen LogP contribution in [0.25, 0.3) is 0 Å². The Morgan fingerprint density at radius 1 is 1.26 bits per heavy atom. The number of aliphatic hydroxyl groups excluding tert-OH is 1. The van der Waals surface area contributed by atoms with Crippen molar-refractivity contribution < 1.29 is 29.3 Å². The minimum atomic E-state index is -0.833. The van der Waals surface area contributed by atoms with Gasteiger partial charge in [0, 0.05) is 20.3 Å². The predicted octanol–water partition coefficient (Wildman–Crippen LogP) is 2.13. The van der Waals surface area contributed by atoms with Gasteiger partial charge >= 0.3 is 5.97 Å². The van der Waals surface area contributed by atoms with Gasteiger partial charge in [0.15, 0.2) is 11.5 Å². The van der Waals surface area contributed by atoms with Crippen molar-refractivity contribution in [2.24, 2.45) is 10.7 Å². The summed E-state index contributed by atoms with van der Waals surface area (Å²) < 4.78 is 10.7. The smallest absolute Gasteiger partial charge is 0.308 e. The van der Waals surface area contributed by atoms with Gasteiger partial charge in [-0.15, -0.1) is 0 Å². The predicted molar refractivity (Wildman–Crippen MR) is 101 cm³/mol. The number of benzene rings is 1. The molecular formula is C19H28N2O6. The number of aliphatic carboxylic acids is 1. The number of para-hydroxylation sites is 2. The lowest BCUT2D eigenvalue weighted by atomic mass is 10.0. The molecule has 8 heteroatoms. The van der Waals surface area contributed by atoms with Crippen LogP contribution in [0.4, 0.5) is 0 Å². The van der Waals surface area contributed by atoms with Crippen molar-refractivity contribution in [3.05, 3.63) is 24.3 Å². The number of aliphatic imine (C=N–C) groups is 1. The number of hydrogen-bond acceptors (Lipinski definition) is 7. The lowest BCUT2D eigenvalue weighted by molar-refractivity contribution is -0.134. The van der Waals surface area contributed by atoms with Gasteiger partial charge in [0.25, 0.3) is 5.97 Å². The average molecular weight is 380 g/mol. The Morgan fingerprint density at radius 3 is 2.52 bits per heavy atom. The number of carboxylic acids is 1. The number of rotatable bonds is 6. The molecule has 0 saturated carbocycles. The maximum Gasteiger partial charge on any atom is 0.308 e. The highest BCUT2D eigenvalue weighted by Gasteiger charge is 2.18. The van der Waals surface area contributed by atoms with E-state index in [2.05, 4.69) is 4.99 Å². The number of carbonyl (C=O) groups excluding carboxylic acids is 1. The molecule has 1 aromatic rings. The Kier molecular flexibility index (Phi) is 9.89. The summed E-state index contributed by atoms with van der Waals surface area (Å²) in [6.45, 7) is 2.53. The summed E-state index contributed by atoms with van der Waals surface area (Å²) in [5.41, 5.74) is 5.82. The molecule has 0 fully saturated rings. The van der Waals surface area contributed by atoms with Gasteiger partial charge in [-0.2, -0.15) is 0 Å². The molecule has 2 atom stereocenters. The molecule has 8 nitrogen and oxygen atoms in total. The van der Waals surface area contributed by atoms with E-state index in [1.807, 2.05) is 0 Å². The van der Waals surface area contributed by atoms with Crippen LogP contribution < -0.4 is 15.2 Å². The molecule has 1 heterocycles. The van der Waals surface area contributed by atoms with Gasteiger partial charge in [-0.1, -0.05) is 18.6 Å². The van der Waals surface area contributed by atoms with Gasteiger partial charge in [0.2, 0.25) is 0 Å². The Labute approximate surface area is 159 Å². The van der Waals surface area contributed by atoms with Crippen molar-refractivity contribution >= 4 is 17.8 Å². The van der Waals surface area contributed by atoms with Crippen LogP contribution in [-0.2, 0) is 9.59 Å². The number of aliphatic hydroxyl groups is 1. The van der Waals surface area contributed by atoms with Gasteiger partial charge in [-0.3, -0.25) is 14.6 Å². The van der Waals surface area contributed by atoms with Gasteiger partial charge in [0.1, 0.15) is 6.61 Å². The van der Waals surface area contributed by atoms with Crippen molar-refractivity contribution in [3.8, 4) is 11.5 Å². The van der Waals surface area contributed by atoms with Gasteiger partial charge < -0.3 is 25.4 Å². The van der Waals surface area contributed by atoms with Gasteiger partial charge in [0.05, 0.1) is 18.0 Å². The zero-order valence-corrected chi connectivity index (χ0v) is 15.8. The van der Waals surface area contributed by atoms with Crippen LogP contribution in [0.2, 0.25) is 0 Å². The highest BCUT2D eigenvalue weighted by atomic mass is 16.6. The monoisotopic (exact) mass is 380 g/mol. The largest absolute Gasteiger partial charge is 0.487 e. The Balaban J connectivity index is 0.000000828. The topological polar surface area (TPSA) is 131 Å². The first-order valence-electron chi connectivity index (χ1n) is 8.88. The highest BCUT2D eigenvalue weighted by molar-refractivity contribution is 5.80.